The normalized spacial score (nSPS) is 15.6. The number of nitriles is 1. The van der Waals surface area contributed by atoms with Gasteiger partial charge in [0.15, 0.2) is 6.61 Å². The number of benzene rings is 2. The molecular weight excluding hydrogens is 332 g/mol. The predicted molar refractivity (Wildman–Crippen MR) is 95.7 cm³/mol. The molecule has 1 atom stereocenters. The summed E-state index contributed by atoms with van der Waals surface area (Å²) in [4.78, 5) is 24.3. The van der Waals surface area contributed by atoms with Gasteiger partial charge in [0.25, 0.3) is 5.91 Å². The van der Waals surface area contributed by atoms with Crippen LogP contribution in [0.15, 0.2) is 36.4 Å². The van der Waals surface area contributed by atoms with E-state index in [1.165, 1.54) is 7.11 Å². The number of carbonyl (C=O) groups is 2. The van der Waals surface area contributed by atoms with E-state index in [1.807, 2.05) is 24.3 Å². The van der Waals surface area contributed by atoms with Crippen molar-refractivity contribution in [3.8, 4) is 11.8 Å². The number of amides is 1. The Morgan fingerprint density at radius 3 is 2.50 bits per heavy atom. The molecule has 134 valence electrons. The third-order valence-electron chi connectivity index (χ3n) is 4.64. The highest BCUT2D eigenvalue weighted by molar-refractivity contribution is 5.98. The number of hydrogen-bond donors (Lipinski definition) is 1. The summed E-state index contributed by atoms with van der Waals surface area (Å²) in [6.45, 7) is 1.44. The highest BCUT2D eigenvalue weighted by atomic mass is 16.5. The van der Waals surface area contributed by atoms with Crippen LogP contribution < -0.4 is 10.1 Å². The second-order valence-corrected chi connectivity index (χ2v) is 6.61. The van der Waals surface area contributed by atoms with Gasteiger partial charge in [-0.05, 0) is 48.6 Å². The number of ether oxygens (including phenoxy) is 2. The van der Waals surface area contributed by atoms with E-state index in [0.29, 0.717) is 0 Å². The lowest BCUT2D eigenvalue weighted by Gasteiger charge is -2.23. The fraction of sp³-hybridized carbons (Fsp3) is 0.350. The maximum atomic E-state index is 12.2. The van der Waals surface area contributed by atoms with Crippen molar-refractivity contribution in [1.82, 2.24) is 5.32 Å². The van der Waals surface area contributed by atoms with Gasteiger partial charge in [0.05, 0.1) is 13.2 Å². The SMILES string of the molecule is COC(=O)c1cc2ccccc2cc1OCC(=O)NC(C)(C#N)C1CC1. The van der Waals surface area contributed by atoms with Crippen molar-refractivity contribution >= 4 is 22.6 Å². The molecule has 1 unspecified atom stereocenters. The molecule has 0 radical (unpaired) electrons. The summed E-state index contributed by atoms with van der Waals surface area (Å²) in [7, 11) is 1.29. The lowest BCUT2D eigenvalue weighted by molar-refractivity contribution is -0.124. The van der Waals surface area contributed by atoms with Gasteiger partial charge in [-0.25, -0.2) is 4.79 Å². The molecule has 3 rings (SSSR count). The summed E-state index contributed by atoms with van der Waals surface area (Å²) in [5, 5.41) is 13.8. The van der Waals surface area contributed by atoms with E-state index in [-0.39, 0.29) is 23.8 Å². The minimum Gasteiger partial charge on any atom is -0.483 e. The Bertz CT molecular complexity index is 898. The van der Waals surface area contributed by atoms with Crippen molar-refractivity contribution in [1.29, 1.82) is 5.26 Å². The van der Waals surface area contributed by atoms with Crippen LogP contribution in [0.1, 0.15) is 30.1 Å². The van der Waals surface area contributed by atoms with Gasteiger partial charge in [-0.3, -0.25) is 4.79 Å². The summed E-state index contributed by atoms with van der Waals surface area (Å²) < 4.78 is 10.4. The van der Waals surface area contributed by atoms with Gasteiger partial charge in [0.2, 0.25) is 0 Å². The van der Waals surface area contributed by atoms with Crippen molar-refractivity contribution in [2.45, 2.75) is 25.3 Å². The molecule has 0 aromatic heterocycles. The Morgan fingerprint density at radius 1 is 1.27 bits per heavy atom. The molecule has 6 heteroatoms. The Labute approximate surface area is 151 Å². The largest absolute Gasteiger partial charge is 0.483 e. The van der Waals surface area contributed by atoms with Crippen LogP contribution >= 0.6 is 0 Å². The first-order valence-corrected chi connectivity index (χ1v) is 8.43. The van der Waals surface area contributed by atoms with Gasteiger partial charge in [-0.1, -0.05) is 24.3 Å². The second-order valence-electron chi connectivity index (χ2n) is 6.61. The van der Waals surface area contributed by atoms with Gasteiger partial charge in [-0.15, -0.1) is 0 Å². The molecule has 2 aromatic carbocycles. The third kappa shape index (κ3) is 3.62. The summed E-state index contributed by atoms with van der Waals surface area (Å²) in [6, 6.07) is 13.1. The van der Waals surface area contributed by atoms with Crippen molar-refractivity contribution in [3.05, 3.63) is 42.0 Å². The van der Waals surface area contributed by atoms with Crippen molar-refractivity contribution in [2.75, 3.05) is 13.7 Å². The fourth-order valence-electron chi connectivity index (χ4n) is 2.96. The molecule has 1 amide bonds. The molecule has 0 saturated heterocycles. The molecule has 0 heterocycles. The van der Waals surface area contributed by atoms with Crippen LogP contribution in [-0.4, -0.2) is 31.1 Å². The van der Waals surface area contributed by atoms with E-state index in [0.717, 1.165) is 23.6 Å². The second kappa shape index (κ2) is 7.04. The number of fused-ring (bicyclic) bond motifs is 1. The Morgan fingerprint density at radius 2 is 1.92 bits per heavy atom. The smallest absolute Gasteiger partial charge is 0.341 e. The number of esters is 1. The van der Waals surface area contributed by atoms with Crippen LogP contribution in [0.25, 0.3) is 10.8 Å². The molecule has 0 bridgehead atoms. The lowest BCUT2D eigenvalue weighted by atomic mass is 9.98. The Hall–Kier alpha value is -3.07. The summed E-state index contributed by atoms with van der Waals surface area (Å²) in [6.07, 6.45) is 1.87. The van der Waals surface area contributed by atoms with Gasteiger partial charge in [0.1, 0.15) is 16.9 Å². The number of methoxy groups -OCH3 is 1. The number of nitrogens with one attached hydrogen (secondary N) is 1. The molecule has 1 saturated carbocycles. The molecule has 1 aliphatic carbocycles. The van der Waals surface area contributed by atoms with E-state index in [1.54, 1.807) is 19.1 Å². The average molecular weight is 352 g/mol. The van der Waals surface area contributed by atoms with Crippen LogP contribution in [0.2, 0.25) is 0 Å². The average Bonchev–Trinajstić information content (AvgIpc) is 3.50. The molecule has 1 fully saturated rings. The summed E-state index contributed by atoms with van der Waals surface area (Å²) in [5.74, 6) is -0.477. The molecular formula is C20H20N2O4. The first-order chi connectivity index (χ1) is 12.5. The zero-order valence-corrected chi connectivity index (χ0v) is 14.7. The predicted octanol–water partition coefficient (Wildman–Crippen LogP) is 2.81. The van der Waals surface area contributed by atoms with Crippen molar-refractivity contribution < 1.29 is 19.1 Å². The molecule has 6 nitrogen and oxygen atoms in total. The van der Waals surface area contributed by atoms with Crippen LogP contribution in [0.5, 0.6) is 5.75 Å². The quantitative estimate of drug-likeness (QED) is 0.808. The highest BCUT2D eigenvalue weighted by Crippen LogP contribution is 2.39. The molecule has 2 aromatic rings. The number of nitrogens with zero attached hydrogens (tertiary/aromatic N) is 1. The zero-order valence-electron chi connectivity index (χ0n) is 14.7. The van der Waals surface area contributed by atoms with Gasteiger partial charge < -0.3 is 14.8 Å². The van der Waals surface area contributed by atoms with Crippen molar-refractivity contribution in [3.63, 3.8) is 0 Å². The fourth-order valence-corrected chi connectivity index (χ4v) is 2.96. The minimum absolute atomic E-state index is 0.183. The molecule has 0 aliphatic heterocycles. The maximum Gasteiger partial charge on any atom is 0.341 e. The van der Waals surface area contributed by atoms with E-state index >= 15 is 0 Å². The standard InChI is InChI=1S/C20H20N2O4/c1-20(12-21,15-7-8-15)22-18(23)11-26-17-10-14-6-4-3-5-13(14)9-16(17)19(24)25-2/h3-6,9-10,15H,7-8,11H2,1-2H3,(H,22,23). The Kier molecular flexibility index (Phi) is 4.81. The first-order valence-electron chi connectivity index (χ1n) is 8.43. The monoisotopic (exact) mass is 352 g/mol. The van der Waals surface area contributed by atoms with Crippen LogP contribution in [0, 0.1) is 17.2 Å². The Balaban J connectivity index is 1.78. The number of hydrogen-bond acceptors (Lipinski definition) is 5. The first kappa shape index (κ1) is 17.7. The van der Waals surface area contributed by atoms with E-state index < -0.39 is 17.4 Å². The van der Waals surface area contributed by atoms with E-state index in [2.05, 4.69) is 11.4 Å². The molecule has 0 spiro atoms. The minimum atomic E-state index is -0.880. The van der Waals surface area contributed by atoms with Crippen LogP contribution in [-0.2, 0) is 9.53 Å². The lowest BCUT2D eigenvalue weighted by Crippen LogP contribution is -2.48. The van der Waals surface area contributed by atoms with E-state index in [4.69, 9.17) is 9.47 Å². The maximum absolute atomic E-state index is 12.2. The third-order valence-corrected chi connectivity index (χ3v) is 4.64. The van der Waals surface area contributed by atoms with Gasteiger partial charge in [-0.2, -0.15) is 5.26 Å². The molecule has 1 N–H and O–H groups in total. The van der Waals surface area contributed by atoms with Crippen LogP contribution in [0.4, 0.5) is 0 Å². The topological polar surface area (TPSA) is 88.4 Å². The number of carbonyl (C=O) groups excluding carboxylic acids is 2. The summed E-state index contributed by atoms with van der Waals surface area (Å²) in [5.41, 5.74) is -0.626. The van der Waals surface area contributed by atoms with Crippen molar-refractivity contribution in [2.24, 2.45) is 5.92 Å². The highest BCUT2D eigenvalue weighted by Gasteiger charge is 2.43. The zero-order chi connectivity index (χ0) is 18.7. The summed E-state index contributed by atoms with van der Waals surface area (Å²) >= 11 is 0. The molecule has 1 aliphatic rings. The molecule has 26 heavy (non-hydrogen) atoms. The van der Waals surface area contributed by atoms with Gasteiger partial charge in [0, 0.05) is 0 Å². The van der Waals surface area contributed by atoms with Crippen LogP contribution in [0.3, 0.4) is 0 Å². The van der Waals surface area contributed by atoms with E-state index in [9.17, 15) is 14.9 Å². The van der Waals surface area contributed by atoms with Gasteiger partial charge >= 0.3 is 5.97 Å². The number of rotatable bonds is 6.